The maximum atomic E-state index is 5.86. The van der Waals surface area contributed by atoms with E-state index in [9.17, 15) is 0 Å². The topological polar surface area (TPSA) is 81.2 Å². The average Bonchev–Trinajstić information content (AvgIpc) is 2.53. The molecule has 0 aliphatic heterocycles. The van der Waals surface area contributed by atoms with Gasteiger partial charge in [-0.3, -0.25) is 0 Å². The molecule has 1 saturated carbocycles. The summed E-state index contributed by atoms with van der Waals surface area (Å²) in [7, 11) is 1.54. The van der Waals surface area contributed by atoms with Gasteiger partial charge in [0.05, 0.1) is 19.8 Å². The van der Waals surface area contributed by atoms with Crippen molar-refractivity contribution < 1.29 is 9.47 Å². The fraction of sp³-hybridized carbons (Fsp3) is 0.786. The summed E-state index contributed by atoms with van der Waals surface area (Å²) in [4.78, 5) is 12.6. The Kier molecular flexibility index (Phi) is 6.46. The maximum absolute atomic E-state index is 5.86. The number of hydrogen-bond donors (Lipinski definition) is 2. The molecule has 0 unspecified atom stereocenters. The van der Waals surface area contributed by atoms with E-state index in [1.165, 1.54) is 32.1 Å². The van der Waals surface area contributed by atoms with Crippen molar-refractivity contribution >= 4 is 11.9 Å². The van der Waals surface area contributed by atoms with Crippen molar-refractivity contribution in [1.82, 2.24) is 15.0 Å². The molecule has 1 aliphatic carbocycles. The normalized spacial score (nSPS) is 15.7. The first-order chi connectivity index (χ1) is 10.3. The highest BCUT2D eigenvalue weighted by Gasteiger charge is 2.13. The minimum absolute atomic E-state index is 0.302. The SMILES string of the molecule is CCNc1nc(NCCOC2CCCCC2)nc(OC)n1. The van der Waals surface area contributed by atoms with Crippen molar-refractivity contribution in [1.29, 1.82) is 0 Å². The van der Waals surface area contributed by atoms with E-state index in [0.29, 0.717) is 37.2 Å². The zero-order valence-corrected chi connectivity index (χ0v) is 12.9. The van der Waals surface area contributed by atoms with Crippen LogP contribution < -0.4 is 15.4 Å². The number of anilines is 2. The number of rotatable bonds is 8. The molecule has 118 valence electrons. The lowest BCUT2D eigenvalue weighted by molar-refractivity contribution is 0.0347. The minimum Gasteiger partial charge on any atom is -0.467 e. The molecule has 7 heteroatoms. The molecule has 21 heavy (non-hydrogen) atoms. The first-order valence-electron chi connectivity index (χ1n) is 7.71. The predicted molar refractivity (Wildman–Crippen MR) is 81.9 cm³/mol. The lowest BCUT2D eigenvalue weighted by Crippen LogP contribution is -2.21. The van der Waals surface area contributed by atoms with Crippen LogP contribution in [0.15, 0.2) is 0 Å². The molecule has 1 heterocycles. The molecule has 7 nitrogen and oxygen atoms in total. The van der Waals surface area contributed by atoms with Crippen LogP contribution in [0.3, 0.4) is 0 Å². The Bertz CT molecular complexity index is 424. The quantitative estimate of drug-likeness (QED) is 0.710. The smallest absolute Gasteiger partial charge is 0.322 e. The summed E-state index contributed by atoms with van der Waals surface area (Å²) < 4.78 is 10.9. The average molecular weight is 295 g/mol. The van der Waals surface area contributed by atoms with Crippen molar-refractivity contribution in [3.05, 3.63) is 0 Å². The van der Waals surface area contributed by atoms with Gasteiger partial charge in [0.15, 0.2) is 0 Å². The minimum atomic E-state index is 0.302. The molecular formula is C14H25N5O2. The molecule has 0 saturated heterocycles. The van der Waals surface area contributed by atoms with Gasteiger partial charge in [-0.1, -0.05) is 19.3 Å². The zero-order chi connectivity index (χ0) is 14.9. The fourth-order valence-electron chi connectivity index (χ4n) is 2.38. The molecule has 0 spiro atoms. The van der Waals surface area contributed by atoms with Gasteiger partial charge in [-0.25, -0.2) is 0 Å². The number of methoxy groups -OCH3 is 1. The highest BCUT2D eigenvalue weighted by Crippen LogP contribution is 2.20. The number of aromatic nitrogens is 3. The summed E-state index contributed by atoms with van der Waals surface area (Å²) in [5, 5.41) is 6.20. The summed E-state index contributed by atoms with van der Waals surface area (Å²) in [6, 6.07) is 0.302. The second kappa shape index (κ2) is 8.61. The van der Waals surface area contributed by atoms with Crippen molar-refractivity contribution in [2.45, 2.75) is 45.1 Å². The molecule has 1 aromatic rings. The summed E-state index contributed by atoms with van der Waals surface area (Å²) in [5.74, 6) is 1.02. The first-order valence-corrected chi connectivity index (χ1v) is 7.71. The van der Waals surface area contributed by atoms with Gasteiger partial charge in [0.1, 0.15) is 0 Å². The molecule has 0 aromatic carbocycles. The van der Waals surface area contributed by atoms with E-state index in [0.717, 1.165) is 6.54 Å². The predicted octanol–water partition coefficient (Wildman–Crippen LogP) is 2.07. The van der Waals surface area contributed by atoms with E-state index in [-0.39, 0.29) is 0 Å². The van der Waals surface area contributed by atoms with Gasteiger partial charge in [-0.15, -0.1) is 0 Å². The van der Waals surface area contributed by atoms with Crippen molar-refractivity contribution in [2.75, 3.05) is 37.4 Å². The van der Waals surface area contributed by atoms with Crippen molar-refractivity contribution in [2.24, 2.45) is 0 Å². The van der Waals surface area contributed by atoms with Crippen LogP contribution in [0, 0.1) is 0 Å². The largest absolute Gasteiger partial charge is 0.467 e. The number of nitrogens with zero attached hydrogens (tertiary/aromatic N) is 3. The molecule has 2 N–H and O–H groups in total. The summed E-state index contributed by atoms with van der Waals surface area (Å²) in [6.07, 6.45) is 6.71. The van der Waals surface area contributed by atoms with Gasteiger partial charge >= 0.3 is 6.01 Å². The monoisotopic (exact) mass is 295 g/mol. The van der Waals surface area contributed by atoms with Gasteiger partial charge in [0.2, 0.25) is 11.9 Å². The molecule has 0 atom stereocenters. The second-order valence-electron chi connectivity index (χ2n) is 5.06. The molecule has 2 rings (SSSR count). The Morgan fingerprint density at radius 2 is 1.76 bits per heavy atom. The number of ether oxygens (including phenoxy) is 2. The van der Waals surface area contributed by atoms with E-state index < -0.39 is 0 Å². The molecule has 0 radical (unpaired) electrons. The van der Waals surface area contributed by atoms with Gasteiger partial charge in [-0.2, -0.15) is 15.0 Å². The van der Waals surface area contributed by atoms with E-state index in [1.54, 1.807) is 7.11 Å². The standard InChI is InChI=1S/C14H25N5O2/c1-3-15-12-17-13(19-14(18-12)20-2)16-9-10-21-11-7-5-4-6-8-11/h11H,3-10H2,1-2H3,(H2,15,16,17,18,19). The van der Waals surface area contributed by atoms with Crippen LogP contribution in [-0.4, -0.2) is 47.9 Å². The number of nitrogens with one attached hydrogen (secondary N) is 2. The Balaban J connectivity index is 1.77. The summed E-state index contributed by atoms with van der Waals surface area (Å²) >= 11 is 0. The Labute approximate surface area is 125 Å². The second-order valence-corrected chi connectivity index (χ2v) is 5.06. The van der Waals surface area contributed by atoms with Crippen molar-refractivity contribution in [3.8, 4) is 6.01 Å². The van der Waals surface area contributed by atoms with Crippen LogP contribution in [0.25, 0.3) is 0 Å². The van der Waals surface area contributed by atoms with Crippen LogP contribution in [0.4, 0.5) is 11.9 Å². The van der Waals surface area contributed by atoms with Crippen LogP contribution >= 0.6 is 0 Å². The van der Waals surface area contributed by atoms with E-state index in [4.69, 9.17) is 9.47 Å². The zero-order valence-electron chi connectivity index (χ0n) is 12.9. The maximum Gasteiger partial charge on any atom is 0.322 e. The molecular weight excluding hydrogens is 270 g/mol. The van der Waals surface area contributed by atoms with E-state index >= 15 is 0 Å². The lowest BCUT2D eigenvalue weighted by Gasteiger charge is -2.22. The Hall–Kier alpha value is -1.63. The van der Waals surface area contributed by atoms with Gasteiger partial charge in [-0.05, 0) is 19.8 Å². The molecule has 0 amide bonds. The summed E-state index contributed by atoms with van der Waals surface area (Å²) in [5.41, 5.74) is 0. The summed E-state index contributed by atoms with van der Waals surface area (Å²) in [6.45, 7) is 4.07. The lowest BCUT2D eigenvalue weighted by atomic mass is 9.98. The van der Waals surface area contributed by atoms with Crippen molar-refractivity contribution in [3.63, 3.8) is 0 Å². The van der Waals surface area contributed by atoms with Gasteiger partial charge < -0.3 is 20.1 Å². The third-order valence-electron chi connectivity index (χ3n) is 3.42. The Morgan fingerprint density at radius 3 is 2.43 bits per heavy atom. The molecule has 1 aliphatic rings. The third kappa shape index (κ3) is 5.34. The van der Waals surface area contributed by atoms with Crippen LogP contribution in [0.5, 0.6) is 6.01 Å². The van der Waals surface area contributed by atoms with E-state index in [1.807, 2.05) is 6.92 Å². The number of hydrogen-bond acceptors (Lipinski definition) is 7. The van der Waals surface area contributed by atoms with Crippen LogP contribution in [-0.2, 0) is 4.74 Å². The van der Waals surface area contributed by atoms with Crippen LogP contribution in [0.2, 0.25) is 0 Å². The molecule has 1 aromatic heterocycles. The Morgan fingerprint density at radius 1 is 1.05 bits per heavy atom. The molecule has 0 bridgehead atoms. The van der Waals surface area contributed by atoms with Gasteiger partial charge in [0.25, 0.3) is 0 Å². The van der Waals surface area contributed by atoms with E-state index in [2.05, 4.69) is 25.6 Å². The third-order valence-corrected chi connectivity index (χ3v) is 3.42. The van der Waals surface area contributed by atoms with Crippen LogP contribution in [0.1, 0.15) is 39.0 Å². The highest BCUT2D eigenvalue weighted by molar-refractivity contribution is 5.35. The van der Waals surface area contributed by atoms with Gasteiger partial charge in [0, 0.05) is 13.1 Å². The fourth-order valence-corrected chi connectivity index (χ4v) is 2.38. The first kappa shape index (κ1) is 15.8. The highest BCUT2D eigenvalue weighted by atomic mass is 16.5. The molecule has 1 fully saturated rings.